The lowest BCUT2D eigenvalue weighted by Gasteiger charge is -1.99. The molecule has 78 valence electrons. The van der Waals surface area contributed by atoms with E-state index in [1.54, 1.807) is 24.0 Å². The maximum absolute atomic E-state index is 11.1. The van der Waals surface area contributed by atoms with E-state index in [0.717, 1.165) is 5.03 Å². The molecule has 1 heterocycles. The van der Waals surface area contributed by atoms with E-state index in [-0.39, 0.29) is 29.9 Å². The van der Waals surface area contributed by atoms with Gasteiger partial charge in [0.15, 0.2) is 6.20 Å². The molecule has 3 nitrogen and oxygen atoms in total. The summed E-state index contributed by atoms with van der Waals surface area (Å²) < 4.78 is 6.51. The van der Waals surface area contributed by atoms with E-state index in [1.165, 1.54) is 7.11 Å². The summed E-state index contributed by atoms with van der Waals surface area (Å²) in [6.07, 6.45) is 3.75. The summed E-state index contributed by atoms with van der Waals surface area (Å²) in [6.45, 7) is 0. The zero-order valence-corrected chi connectivity index (χ0v) is 11.3. The van der Waals surface area contributed by atoms with E-state index in [1.807, 2.05) is 23.9 Å². The predicted octanol–water partition coefficient (Wildman–Crippen LogP) is -1.98. The molecule has 0 fully saturated rings. The van der Waals surface area contributed by atoms with E-state index in [2.05, 4.69) is 4.74 Å². The fraction of sp³-hybridized carbons (Fsp3) is 0.333. The molecule has 0 aliphatic rings. The lowest BCUT2D eigenvalue weighted by Crippen LogP contribution is -3.00. The highest BCUT2D eigenvalue weighted by Gasteiger charge is 2.12. The van der Waals surface area contributed by atoms with Gasteiger partial charge in [-0.15, -0.1) is 0 Å². The Hall–Kier alpha value is -0.300. The second-order valence-corrected chi connectivity index (χ2v) is 3.39. The normalized spacial score (nSPS) is 9.07. The zero-order valence-electron chi connectivity index (χ0n) is 8.28. The van der Waals surface area contributed by atoms with Gasteiger partial charge in [0.2, 0.25) is 5.03 Å². The standard InChI is InChI=1S/C9H12NO2S.HI/c1-10-6-7(9(11)12-2)4-5-8(10)13-3;/h4-6H,1-3H3;1H/q+1;/p-1. The van der Waals surface area contributed by atoms with Gasteiger partial charge >= 0.3 is 5.97 Å². The molecular weight excluding hydrogens is 313 g/mol. The van der Waals surface area contributed by atoms with Gasteiger partial charge in [0.1, 0.15) is 12.6 Å². The Kier molecular flexibility index (Phi) is 6.10. The number of carbonyl (C=O) groups excluding carboxylic acids is 1. The first-order chi connectivity index (χ1) is 6.19. The Morgan fingerprint density at radius 2 is 2.14 bits per heavy atom. The van der Waals surface area contributed by atoms with Crippen LogP contribution in [0.4, 0.5) is 0 Å². The van der Waals surface area contributed by atoms with Crippen molar-refractivity contribution in [3.8, 4) is 0 Å². The molecule has 0 bridgehead atoms. The molecule has 0 saturated carbocycles. The summed E-state index contributed by atoms with van der Waals surface area (Å²) >= 11 is 1.63. The second kappa shape index (κ2) is 6.23. The average molecular weight is 325 g/mol. The van der Waals surface area contributed by atoms with Crippen molar-refractivity contribution in [3.05, 3.63) is 23.9 Å². The highest BCUT2D eigenvalue weighted by Crippen LogP contribution is 2.09. The smallest absolute Gasteiger partial charge is 0.343 e. The summed E-state index contributed by atoms with van der Waals surface area (Å²) in [7, 11) is 3.28. The molecule has 14 heavy (non-hydrogen) atoms. The third-order valence-corrected chi connectivity index (χ3v) is 2.56. The van der Waals surface area contributed by atoms with Crippen molar-refractivity contribution in [2.75, 3.05) is 13.4 Å². The Morgan fingerprint density at radius 3 is 2.57 bits per heavy atom. The number of carbonyl (C=O) groups is 1. The lowest BCUT2D eigenvalue weighted by atomic mass is 10.3. The van der Waals surface area contributed by atoms with E-state index < -0.39 is 0 Å². The van der Waals surface area contributed by atoms with E-state index >= 15 is 0 Å². The first-order valence-electron chi connectivity index (χ1n) is 3.81. The van der Waals surface area contributed by atoms with Gasteiger partial charge in [0.25, 0.3) is 0 Å². The molecule has 0 aliphatic carbocycles. The van der Waals surface area contributed by atoms with Crippen LogP contribution in [0.2, 0.25) is 0 Å². The van der Waals surface area contributed by atoms with Crippen LogP contribution in [-0.2, 0) is 11.8 Å². The fourth-order valence-electron chi connectivity index (χ4n) is 1.04. The number of nitrogens with zero attached hydrogens (tertiary/aromatic N) is 1. The molecule has 0 unspecified atom stereocenters. The number of thioether (sulfide) groups is 1. The largest absolute Gasteiger partial charge is 1.00 e. The van der Waals surface area contributed by atoms with Gasteiger partial charge in [-0.3, -0.25) is 0 Å². The molecule has 1 aromatic heterocycles. The molecule has 0 spiro atoms. The highest BCUT2D eigenvalue weighted by molar-refractivity contribution is 7.98. The minimum Gasteiger partial charge on any atom is -1.00 e. The Morgan fingerprint density at radius 1 is 1.50 bits per heavy atom. The van der Waals surface area contributed by atoms with Gasteiger partial charge in [0.05, 0.1) is 7.11 Å². The Balaban J connectivity index is 0.00000169. The second-order valence-electron chi connectivity index (χ2n) is 2.56. The summed E-state index contributed by atoms with van der Waals surface area (Å²) in [5.41, 5.74) is 0.572. The molecule has 0 amide bonds. The molecule has 0 radical (unpaired) electrons. The summed E-state index contributed by atoms with van der Waals surface area (Å²) in [4.78, 5) is 11.1. The van der Waals surface area contributed by atoms with Gasteiger partial charge in [-0.2, -0.15) is 4.57 Å². The van der Waals surface area contributed by atoms with Crippen LogP contribution < -0.4 is 28.5 Å². The number of aryl methyl sites for hydroxylation is 1. The van der Waals surface area contributed by atoms with Gasteiger partial charge in [-0.25, -0.2) is 4.79 Å². The number of pyridine rings is 1. The van der Waals surface area contributed by atoms with Crippen molar-refractivity contribution >= 4 is 17.7 Å². The first-order valence-corrected chi connectivity index (χ1v) is 5.03. The number of hydrogen-bond acceptors (Lipinski definition) is 3. The van der Waals surface area contributed by atoms with E-state index in [9.17, 15) is 4.79 Å². The van der Waals surface area contributed by atoms with Crippen LogP contribution >= 0.6 is 11.8 Å². The van der Waals surface area contributed by atoms with Crippen molar-refractivity contribution in [2.45, 2.75) is 5.03 Å². The van der Waals surface area contributed by atoms with Crippen molar-refractivity contribution < 1.29 is 38.1 Å². The van der Waals surface area contributed by atoms with Crippen molar-refractivity contribution in [2.24, 2.45) is 7.05 Å². The number of hydrogen-bond donors (Lipinski definition) is 0. The van der Waals surface area contributed by atoms with Crippen molar-refractivity contribution in [1.82, 2.24) is 0 Å². The van der Waals surface area contributed by atoms with Gasteiger partial charge in [-0.05, 0) is 12.3 Å². The lowest BCUT2D eigenvalue weighted by molar-refractivity contribution is -0.708. The van der Waals surface area contributed by atoms with Crippen LogP contribution in [0.3, 0.4) is 0 Å². The molecule has 0 aliphatic heterocycles. The number of ether oxygens (including phenoxy) is 1. The third kappa shape index (κ3) is 3.13. The zero-order chi connectivity index (χ0) is 9.84. The topological polar surface area (TPSA) is 30.2 Å². The Labute approximate surface area is 105 Å². The quantitative estimate of drug-likeness (QED) is 0.273. The van der Waals surface area contributed by atoms with Crippen molar-refractivity contribution in [1.29, 1.82) is 0 Å². The molecule has 0 N–H and O–H groups in total. The number of aromatic nitrogens is 1. The van der Waals surface area contributed by atoms with E-state index in [0.29, 0.717) is 5.56 Å². The van der Waals surface area contributed by atoms with Crippen LogP contribution in [0.1, 0.15) is 10.4 Å². The number of halogens is 1. The maximum atomic E-state index is 11.1. The summed E-state index contributed by atoms with van der Waals surface area (Å²) in [5, 5.41) is 1.10. The molecule has 1 rings (SSSR count). The molecule has 5 heteroatoms. The van der Waals surface area contributed by atoms with Crippen LogP contribution in [0.5, 0.6) is 0 Å². The number of esters is 1. The SMILES string of the molecule is COC(=O)c1ccc(SC)[n+](C)c1.[I-]. The molecule has 0 saturated heterocycles. The molecular formula is C9H12INO2S. The first kappa shape index (κ1) is 13.7. The third-order valence-electron chi connectivity index (χ3n) is 1.72. The number of rotatable bonds is 2. The van der Waals surface area contributed by atoms with Gasteiger partial charge < -0.3 is 28.7 Å². The average Bonchev–Trinajstić information content (AvgIpc) is 2.16. The minimum atomic E-state index is -0.303. The summed E-state index contributed by atoms with van der Waals surface area (Å²) in [6, 6.07) is 3.66. The number of methoxy groups -OCH3 is 1. The molecule has 1 aromatic rings. The maximum Gasteiger partial charge on any atom is 0.343 e. The van der Waals surface area contributed by atoms with Crippen molar-refractivity contribution in [3.63, 3.8) is 0 Å². The van der Waals surface area contributed by atoms with Gasteiger partial charge in [0, 0.05) is 6.07 Å². The van der Waals surface area contributed by atoms with Crippen LogP contribution in [0.25, 0.3) is 0 Å². The van der Waals surface area contributed by atoms with E-state index in [4.69, 9.17) is 0 Å². The predicted molar refractivity (Wildman–Crippen MR) is 50.7 cm³/mol. The minimum absolute atomic E-state index is 0. The molecule has 0 aromatic carbocycles. The van der Waals surface area contributed by atoms with Gasteiger partial charge in [-0.1, -0.05) is 11.8 Å². The monoisotopic (exact) mass is 325 g/mol. The van der Waals surface area contributed by atoms with Crippen LogP contribution in [0.15, 0.2) is 23.4 Å². The van der Waals surface area contributed by atoms with Crippen LogP contribution in [-0.4, -0.2) is 19.3 Å². The molecule has 0 atom stereocenters. The summed E-state index contributed by atoms with van der Waals surface area (Å²) in [5.74, 6) is -0.303. The Bertz CT molecular complexity index is 331. The fourth-order valence-corrected chi connectivity index (χ4v) is 1.59. The van der Waals surface area contributed by atoms with Crippen LogP contribution in [0, 0.1) is 0 Å². The highest BCUT2D eigenvalue weighted by atomic mass is 127.